The number of carbonyl (C=O) groups is 1. The molecule has 0 aromatic rings. The molecule has 0 unspecified atom stereocenters. The van der Waals surface area contributed by atoms with Crippen LogP contribution >= 0.6 is 25.3 Å². The highest BCUT2D eigenvalue weighted by Crippen LogP contribution is 2.10. The second-order valence-electron chi connectivity index (χ2n) is 1.17. The Hall–Kier alpha value is -0.600. The fraction of sp³-hybridized carbons (Fsp3) is 0. The molecular weight excluding hydrogens is 156 g/mol. The van der Waals surface area contributed by atoms with Gasteiger partial charge < -0.3 is 5.73 Å². The first kappa shape index (κ1) is 8.40. The first-order valence-electron chi connectivity index (χ1n) is 1.91. The molecule has 48 valence electrons. The van der Waals surface area contributed by atoms with Gasteiger partial charge in [-0.1, -0.05) is 0 Å². The number of nitriles is 1. The largest absolute Gasteiger partial charge is 0.365 e. The van der Waals surface area contributed by atoms with E-state index in [-0.39, 0.29) is 9.81 Å². The van der Waals surface area contributed by atoms with Crippen molar-refractivity contribution in [3.05, 3.63) is 9.81 Å². The van der Waals surface area contributed by atoms with Crippen molar-refractivity contribution in [1.29, 1.82) is 5.26 Å². The topological polar surface area (TPSA) is 66.9 Å². The van der Waals surface area contributed by atoms with Crippen molar-refractivity contribution in [2.45, 2.75) is 0 Å². The van der Waals surface area contributed by atoms with Crippen molar-refractivity contribution in [2.75, 3.05) is 0 Å². The molecule has 0 aliphatic rings. The maximum absolute atomic E-state index is 10.2. The zero-order valence-electron chi connectivity index (χ0n) is 4.33. The maximum Gasteiger partial charge on any atom is 0.261 e. The number of primary amides is 1. The van der Waals surface area contributed by atoms with E-state index in [1.165, 1.54) is 0 Å². The smallest absolute Gasteiger partial charge is 0.261 e. The number of carbonyl (C=O) groups excluding carboxylic acids is 1. The van der Waals surface area contributed by atoms with Crippen molar-refractivity contribution in [2.24, 2.45) is 5.73 Å². The SMILES string of the molecule is N#CC(C(N)=O)=C(S)S. The van der Waals surface area contributed by atoms with Crippen molar-refractivity contribution in [3.8, 4) is 6.07 Å². The minimum atomic E-state index is -0.808. The highest BCUT2D eigenvalue weighted by molar-refractivity contribution is 8.05. The molecule has 0 spiro atoms. The van der Waals surface area contributed by atoms with E-state index in [2.05, 4.69) is 25.3 Å². The highest BCUT2D eigenvalue weighted by atomic mass is 32.2. The summed E-state index contributed by atoms with van der Waals surface area (Å²) in [5, 5.41) is 8.16. The van der Waals surface area contributed by atoms with Gasteiger partial charge in [0.05, 0.1) is 4.24 Å². The molecule has 9 heavy (non-hydrogen) atoms. The Morgan fingerprint density at radius 3 is 2.00 bits per heavy atom. The fourth-order valence-corrected chi connectivity index (χ4v) is 0.536. The van der Waals surface area contributed by atoms with Gasteiger partial charge in [0.1, 0.15) is 11.6 Å². The van der Waals surface area contributed by atoms with Crippen LogP contribution in [0.15, 0.2) is 9.81 Å². The minimum absolute atomic E-state index is 0.0463. The summed E-state index contributed by atoms with van der Waals surface area (Å²) in [6, 6.07) is 1.55. The first-order chi connectivity index (χ1) is 4.09. The van der Waals surface area contributed by atoms with Crippen LogP contribution in [0.5, 0.6) is 0 Å². The molecule has 0 saturated heterocycles. The van der Waals surface area contributed by atoms with E-state index in [1.807, 2.05) is 0 Å². The second-order valence-corrected chi connectivity index (χ2v) is 2.42. The number of thiol groups is 2. The quantitative estimate of drug-likeness (QED) is 0.288. The Labute approximate surface area is 63.3 Å². The third-order valence-electron chi connectivity index (χ3n) is 0.582. The predicted octanol–water partition coefficient (Wildman–Crippen LogP) is 0.0665. The van der Waals surface area contributed by atoms with E-state index in [9.17, 15) is 4.79 Å². The van der Waals surface area contributed by atoms with Gasteiger partial charge in [-0.25, -0.2) is 0 Å². The Morgan fingerprint density at radius 1 is 1.56 bits per heavy atom. The zero-order chi connectivity index (χ0) is 7.44. The highest BCUT2D eigenvalue weighted by Gasteiger charge is 2.04. The Kier molecular flexibility index (Phi) is 3.20. The molecule has 3 nitrogen and oxygen atoms in total. The van der Waals surface area contributed by atoms with Gasteiger partial charge in [0, 0.05) is 0 Å². The predicted molar refractivity (Wildman–Crippen MR) is 39.8 cm³/mol. The van der Waals surface area contributed by atoms with Gasteiger partial charge >= 0.3 is 0 Å². The molecular formula is C4H4N2OS2. The second kappa shape index (κ2) is 3.43. The number of rotatable bonds is 1. The average Bonchev–Trinajstić information content (AvgIpc) is 1.64. The number of hydrogen-bond donors (Lipinski definition) is 3. The van der Waals surface area contributed by atoms with E-state index in [0.717, 1.165) is 0 Å². The standard InChI is InChI=1S/C4H4N2OS2/c5-1-2(3(6)7)4(8)9/h8-9H,(H2,6,7). The summed E-state index contributed by atoms with van der Waals surface area (Å²) < 4.78 is 0.0463. The fourth-order valence-electron chi connectivity index (χ4n) is 0.215. The lowest BCUT2D eigenvalue weighted by atomic mass is 10.3. The lowest BCUT2D eigenvalue weighted by Crippen LogP contribution is -2.12. The number of nitrogens with zero attached hydrogens (tertiary/aromatic N) is 1. The summed E-state index contributed by atoms with van der Waals surface area (Å²) in [4.78, 5) is 10.2. The van der Waals surface area contributed by atoms with Crippen LogP contribution in [-0.4, -0.2) is 5.91 Å². The van der Waals surface area contributed by atoms with E-state index >= 15 is 0 Å². The normalized spacial score (nSPS) is 7.67. The monoisotopic (exact) mass is 160 g/mol. The summed E-state index contributed by atoms with van der Waals surface area (Å²) in [5.41, 5.74) is 4.51. The molecule has 0 fully saturated rings. The molecule has 0 bridgehead atoms. The Morgan fingerprint density at radius 2 is 2.00 bits per heavy atom. The molecule has 0 atom stereocenters. The molecule has 0 radical (unpaired) electrons. The maximum atomic E-state index is 10.2. The molecule has 1 amide bonds. The molecule has 2 N–H and O–H groups in total. The van der Waals surface area contributed by atoms with Crippen molar-refractivity contribution in [3.63, 3.8) is 0 Å². The summed E-state index contributed by atoms with van der Waals surface area (Å²) in [6.07, 6.45) is 0. The zero-order valence-corrected chi connectivity index (χ0v) is 6.12. The average molecular weight is 160 g/mol. The van der Waals surface area contributed by atoms with Crippen molar-refractivity contribution in [1.82, 2.24) is 0 Å². The molecule has 0 rings (SSSR count). The van der Waals surface area contributed by atoms with Crippen molar-refractivity contribution >= 4 is 31.2 Å². The van der Waals surface area contributed by atoms with Gasteiger partial charge in [-0.3, -0.25) is 4.79 Å². The number of nitrogens with two attached hydrogens (primary N) is 1. The summed E-state index contributed by atoms with van der Waals surface area (Å²) in [6.45, 7) is 0. The van der Waals surface area contributed by atoms with Gasteiger partial charge in [-0.05, 0) is 0 Å². The van der Waals surface area contributed by atoms with Crippen LogP contribution in [0.25, 0.3) is 0 Å². The van der Waals surface area contributed by atoms with E-state index < -0.39 is 5.91 Å². The minimum Gasteiger partial charge on any atom is -0.365 e. The third kappa shape index (κ3) is 2.44. The molecule has 0 saturated carbocycles. The molecule has 5 heteroatoms. The first-order valence-corrected chi connectivity index (χ1v) is 2.81. The summed E-state index contributed by atoms with van der Waals surface area (Å²) in [5.74, 6) is -0.808. The molecule has 0 aliphatic heterocycles. The number of hydrogen-bond acceptors (Lipinski definition) is 4. The van der Waals surface area contributed by atoms with Crippen LogP contribution in [-0.2, 0) is 4.79 Å². The Bertz CT molecular complexity index is 199. The summed E-state index contributed by atoms with van der Waals surface area (Å²) >= 11 is 7.27. The van der Waals surface area contributed by atoms with Gasteiger partial charge in [-0.2, -0.15) is 5.26 Å². The molecule has 0 aromatic carbocycles. The van der Waals surface area contributed by atoms with Gasteiger partial charge in [0.2, 0.25) is 0 Å². The number of amides is 1. The van der Waals surface area contributed by atoms with Crippen LogP contribution in [0, 0.1) is 11.3 Å². The van der Waals surface area contributed by atoms with Gasteiger partial charge in [-0.15, -0.1) is 25.3 Å². The van der Waals surface area contributed by atoms with E-state index in [4.69, 9.17) is 11.0 Å². The van der Waals surface area contributed by atoms with E-state index in [1.54, 1.807) is 6.07 Å². The molecule has 0 heterocycles. The van der Waals surface area contributed by atoms with Crippen LogP contribution in [0.2, 0.25) is 0 Å². The lowest BCUT2D eigenvalue weighted by Gasteiger charge is -1.89. The Balaban J connectivity index is 4.62. The third-order valence-corrected chi connectivity index (χ3v) is 1.03. The van der Waals surface area contributed by atoms with Crippen LogP contribution < -0.4 is 5.73 Å². The van der Waals surface area contributed by atoms with Gasteiger partial charge in [0.25, 0.3) is 5.91 Å². The van der Waals surface area contributed by atoms with Crippen LogP contribution in [0.4, 0.5) is 0 Å². The van der Waals surface area contributed by atoms with Crippen LogP contribution in [0.3, 0.4) is 0 Å². The lowest BCUT2D eigenvalue weighted by molar-refractivity contribution is -0.114. The van der Waals surface area contributed by atoms with Crippen LogP contribution in [0.1, 0.15) is 0 Å². The molecule has 0 aliphatic carbocycles. The van der Waals surface area contributed by atoms with E-state index in [0.29, 0.717) is 0 Å². The molecule has 0 aromatic heterocycles. The van der Waals surface area contributed by atoms with Gasteiger partial charge in [0.15, 0.2) is 0 Å². The summed E-state index contributed by atoms with van der Waals surface area (Å²) in [7, 11) is 0. The van der Waals surface area contributed by atoms with Crippen molar-refractivity contribution < 1.29 is 4.79 Å².